The zero-order valence-electron chi connectivity index (χ0n) is 10.3. The van der Waals surface area contributed by atoms with Crippen molar-refractivity contribution in [2.45, 2.75) is 26.9 Å². The van der Waals surface area contributed by atoms with Crippen molar-refractivity contribution in [3.63, 3.8) is 0 Å². The van der Waals surface area contributed by atoms with Crippen LogP contribution in [-0.4, -0.2) is 17.7 Å². The molecule has 0 aromatic heterocycles. The van der Waals surface area contributed by atoms with Crippen molar-refractivity contribution in [2.75, 3.05) is 0 Å². The number of ketones is 2. The number of hydrogen-bond donors (Lipinski definition) is 0. The fourth-order valence-corrected chi connectivity index (χ4v) is 1.56. The quantitative estimate of drug-likeness (QED) is 0.776. The van der Waals surface area contributed by atoms with Crippen molar-refractivity contribution >= 4 is 11.6 Å². The van der Waals surface area contributed by atoms with Crippen molar-refractivity contribution in [2.24, 2.45) is 5.92 Å². The van der Waals surface area contributed by atoms with Gasteiger partial charge in [0.15, 0.2) is 5.78 Å². The van der Waals surface area contributed by atoms with Gasteiger partial charge in [0.25, 0.3) is 5.78 Å². The third-order valence-corrected chi connectivity index (χ3v) is 2.54. The molecule has 1 rings (SSSR count). The average molecular weight is 258 g/mol. The Hall–Kier alpha value is -1.65. The van der Waals surface area contributed by atoms with Crippen LogP contribution in [0.1, 0.15) is 40.1 Å². The highest BCUT2D eigenvalue weighted by Crippen LogP contribution is 2.23. The molecule has 1 aromatic carbocycles. The Morgan fingerprint density at radius 1 is 1.17 bits per heavy atom. The molecule has 0 radical (unpaired) electrons. The van der Waals surface area contributed by atoms with Crippen molar-refractivity contribution in [3.05, 3.63) is 34.9 Å². The van der Waals surface area contributed by atoms with E-state index >= 15 is 0 Å². The molecule has 0 unspecified atom stereocenters. The number of hydrogen-bond acceptors (Lipinski definition) is 2. The molecule has 0 atom stereocenters. The van der Waals surface area contributed by atoms with Crippen LogP contribution >= 0.6 is 0 Å². The van der Waals surface area contributed by atoms with Crippen LogP contribution in [0.3, 0.4) is 0 Å². The van der Waals surface area contributed by atoms with Gasteiger partial charge in [-0.3, -0.25) is 9.59 Å². The highest BCUT2D eigenvalue weighted by Gasteiger charge is 2.39. The van der Waals surface area contributed by atoms with Gasteiger partial charge in [0, 0.05) is 17.0 Å². The van der Waals surface area contributed by atoms with Crippen molar-refractivity contribution in [3.8, 4) is 0 Å². The molecule has 0 aliphatic rings. The second kappa shape index (κ2) is 4.92. The summed E-state index contributed by atoms with van der Waals surface area (Å²) < 4.78 is 36.7. The molecule has 0 spiro atoms. The monoisotopic (exact) mass is 258 g/mol. The molecule has 18 heavy (non-hydrogen) atoms. The van der Waals surface area contributed by atoms with Crippen LogP contribution in [0.2, 0.25) is 0 Å². The smallest absolute Gasteiger partial charge is 0.294 e. The molecule has 0 fully saturated rings. The minimum absolute atomic E-state index is 0.154. The van der Waals surface area contributed by atoms with Gasteiger partial charge in [-0.15, -0.1) is 0 Å². The zero-order valence-corrected chi connectivity index (χ0v) is 10.3. The van der Waals surface area contributed by atoms with Gasteiger partial charge < -0.3 is 0 Å². The van der Waals surface area contributed by atoms with Crippen LogP contribution in [0.5, 0.6) is 0 Å². The first-order chi connectivity index (χ1) is 8.14. The van der Waals surface area contributed by atoms with Crippen LogP contribution in [0.4, 0.5) is 13.2 Å². The Balaban J connectivity index is 3.15. The van der Waals surface area contributed by atoms with E-state index in [2.05, 4.69) is 0 Å². The topological polar surface area (TPSA) is 34.1 Å². The van der Waals surface area contributed by atoms with Crippen LogP contribution in [0, 0.1) is 12.8 Å². The molecular weight excluding hydrogens is 245 g/mol. The summed E-state index contributed by atoms with van der Waals surface area (Å²) in [6, 6.07) is 3.42. The minimum atomic E-state index is -4.89. The highest BCUT2D eigenvalue weighted by atomic mass is 19.4. The van der Waals surface area contributed by atoms with Gasteiger partial charge in [-0.25, -0.2) is 0 Å². The van der Waals surface area contributed by atoms with Gasteiger partial charge in [-0.1, -0.05) is 26.0 Å². The van der Waals surface area contributed by atoms with Gasteiger partial charge in [0.05, 0.1) is 0 Å². The van der Waals surface area contributed by atoms with E-state index in [-0.39, 0.29) is 11.7 Å². The maximum absolute atomic E-state index is 12.2. The van der Waals surface area contributed by atoms with Gasteiger partial charge in [0.2, 0.25) is 0 Å². The predicted molar refractivity (Wildman–Crippen MR) is 60.7 cm³/mol. The number of halogens is 3. The lowest BCUT2D eigenvalue weighted by Crippen LogP contribution is -2.23. The number of Topliss-reactive ketones (excluding diaryl/α,β-unsaturated/α-hetero) is 2. The third-order valence-electron chi connectivity index (χ3n) is 2.54. The Labute approximate surface area is 103 Å². The first-order valence-electron chi connectivity index (χ1n) is 5.41. The summed E-state index contributed by atoms with van der Waals surface area (Å²) >= 11 is 0. The van der Waals surface area contributed by atoms with E-state index in [9.17, 15) is 22.8 Å². The van der Waals surface area contributed by atoms with Gasteiger partial charge in [0.1, 0.15) is 0 Å². The van der Waals surface area contributed by atoms with E-state index in [0.717, 1.165) is 12.1 Å². The van der Waals surface area contributed by atoms with Gasteiger partial charge >= 0.3 is 6.18 Å². The number of rotatable bonds is 3. The van der Waals surface area contributed by atoms with E-state index in [4.69, 9.17) is 0 Å². The largest absolute Gasteiger partial charge is 0.454 e. The second-order valence-corrected chi connectivity index (χ2v) is 4.38. The molecule has 1 aromatic rings. The van der Waals surface area contributed by atoms with E-state index in [1.165, 1.54) is 13.0 Å². The summed E-state index contributed by atoms with van der Waals surface area (Å²) in [5.41, 5.74) is 0.285. The molecule has 0 saturated carbocycles. The summed E-state index contributed by atoms with van der Waals surface area (Å²) in [6.07, 6.45) is -4.89. The van der Waals surface area contributed by atoms with Crippen molar-refractivity contribution in [1.29, 1.82) is 0 Å². The number of carbonyl (C=O) groups is 2. The molecule has 0 aliphatic carbocycles. The van der Waals surface area contributed by atoms with Gasteiger partial charge in [-0.05, 0) is 18.6 Å². The molecule has 5 heteroatoms. The van der Waals surface area contributed by atoms with Crippen molar-refractivity contribution in [1.82, 2.24) is 0 Å². The lowest BCUT2D eigenvalue weighted by atomic mass is 9.94. The maximum Gasteiger partial charge on any atom is 0.454 e. The molecule has 0 aliphatic heterocycles. The molecule has 98 valence electrons. The second-order valence-electron chi connectivity index (χ2n) is 4.38. The van der Waals surface area contributed by atoms with Crippen molar-refractivity contribution < 1.29 is 22.8 Å². The Morgan fingerprint density at radius 2 is 1.72 bits per heavy atom. The Kier molecular flexibility index (Phi) is 3.94. The molecule has 2 nitrogen and oxygen atoms in total. The first kappa shape index (κ1) is 14.4. The molecule has 0 bridgehead atoms. The van der Waals surface area contributed by atoms with Crippen LogP contribution < -0.4 is 0 Å². The van der Waals surface area contributed by atoms with E-state index in [1.807, 2.05) is 0 Å². The lowest BCUT2D eigenvalue weighted by molar-refractivity contribution is -0.0885. The first-order valence-corrected chi connectivity index (χ1v) is 5.41. The summed E-state index contributed by atoms with van der Waals surface area (Å²) in [7, 11) is 0. The zero-order chi connectivity index (χ0) is 14.1. The number of carbonyl (C=O) groups excluding carboxylic acids is 2. The van der Waals surface area contributed by atoms with E-state index < -0.39 is 17.5 Å². The van der Waals surface area contributed by atoms with Crippen LogP contribution in [-0.2, 0) is 0 Å². The predicted octanol–water partition coefficient (Wildman–Crippen LogP) is 3.58. The molecule has 0 heterocycles. The summed E-state index contributed by atoms with van der Waals surface area (Å²) in [6.45, 7) is 4.93. The average Bonchev–Trinajstić information content (AvgIpc) is 2.25. The number of benzene rings is 1. The highest BCUT2D eigenvalue weighted by molar-refractivity contribution is 6.03. The van der Waals surface area contributed by atoms with Crippen LogP contribution in [0.15, 0.2) is 18.2 Å². The molecular formula is C13H13F3O2. The number of alkyl halides is 3. The molecule has 0 N–H and O–H groups in total. The molecule has 0 saturated heterocycles. The molecule has 0 amide bonds. The minimum Gasteiger partial charge on any atom is -0.294 e. The standard InChI is InChI=1S/C13H13F3O2/c1-7(2)11(17)10-5-4-9(6-8(10)3)12(18)13(14,15)16/h4-7H,1-3H3. The maximum atomic E-state index is 12.2. The Morgan fingerprint density at radius 3 is 2.11 bits per heavy atom. The SMILES string of the molecule is Cc1cc(C(=O)C(F)(F)F)ccc1C(=O)C(C)C. The fraction of sp³-hybridized carbons (Fsp3) is 0.385. The summed E-state index contributed by atoms with van der Waals surface area (Å²) in [5.74, 6) is -2.29. The van der Waals surface area contributed by atoms with E-state index in [1.54, 1.807) is 13.8 Å². The van der Waals surface area contributed by atoms with Gasteiger partial charge in [-0.2, -0.15) is 13.2 Å². The summed E-state index contributed by atoms with van der Waals surface area (Å²) in [4.78, 5) is 22.8. The normalized spacial score (nSPS) is 11.7. The fourth-order valence-electron chi connectivity index (χ4n) is 1.56. The number of aryl methyl sites for hydroxylation is 1. The third kappa shape index (κ3) is 2.97. The Bertz CT molecular complexity index is 487. The summed E-state index contributed by atoms with van der Waals surface area (Å²) in [5, 5.41) is 0. The van der Waals surface area contributed by atoms with E-state index in [0.29, 0.717) is 11.1 Å². The lowest BCUT2D eigenvalue weighted by Gasteiger charge is -2.10. The van der Waals surface area contributed by atoms with Crippen LogP contribution in [0.25, 0.3) is 0 Å².